The number of amides is 1. The van der Waals surface area contributed by atoms with E-state index in [1.54, 1.807) is 7.11 Å². The number of anilines is 1. The van der Waals surface area contributed by atoms with E-state index in [0.29, 0.717) is 17.3 Å². The van der Waals surface area contributed by atoms with Crippen LogP contribution in [0.4, 0.5) is 5.69 Å². The summed E-state index contributed by atoms with van der Waals surface area (Å²) in [4.78, 5) is 16.3. The van der Waals surface area contributed by atoms with E-state index in [0.717, 1.165) is 18.4 Å². The van der Waals surface area contributed by atoms with Crippen molar-refractivity contribution in [3.8, 4) is 5.75 Å². The van der Waals surface area contributed by atoms with Crippen molar-refractivity contribution < 1.29 is 9.53 Å². The number of hydrogen-bond donors (Lipinski definition) is 2. The Balaban J connectivity index is 2.16. The van der Waals surface area contributed by atoms with E-state index < -0.39 is 0 Å². The molecule has 2 rings (SSSR count). The van der Waals surface area contributed by atoms with Crippen molar-refractivity contribution in [2.24, 2.45) is 0 Å². The van der Waals surface area contributed by atoms with Gasteiger partial charge in [0.15, 0.2) is 0 Å². The summed E-state index contributed by atoms with van der Waals surface area (Å²) in [7, 11) is 1.56. The van der Waals surface area contributed by atoms with Gasteiger partial charge in [0, 0.05) is 6.42 Å². The predicted octanol–water partition coefficient (Wildman–Crippen LogP) is 2.33. The van der Waals surface area contributed by atoms with Crippen LogP contribution in [0.25, 0.3) is 0 Å². The quantitative estimate of drug-likeness (QED) is 0.877. The number of hydrogen-bond acceptors (Lipinski definition) is 4. The highest BCUT2D eigenvalue weighted by molar-refractivity contribution is 6.02. The van der Waals surface area contributed by atoms with Gasteiger partial charge in [-0.2, -0.15) is 0 Å². The van der Waals surface area contributed by atoms with Gasteiger partial charge in [-0.25, -0.2) is 4.98 Å². The first kappa shape index (κ1) is 14.0. The largest absolute Gasteiger partial charge is 0.495 e. The molecule has 1 aromatic carbocycles. The number of aromatic nitrogens is 3. The Morgan fingerprint density at radius 2 is 2.25 bits per heavy atom. The fourth-order valence-corrected chi connectivity index (χ4v) is 1.84. The zero-order chi connectivity index (χ0) is 14.5. The molecule has 0 aliphatic heterocycles. The zero-order valence-electron chi connectivity index (χ0n) is 11.9. The summed E-state index contributed by atoms with van der Waals surface area (Å²) >= 11 is 0. The lowest BCUT2D eigenvalue weighted by molar-refractivity contribution is 0.101. The molecule has 6 nitrogen and oxygen atoms in total. The fourth-order valence-electron chi connectivity index (χ4n) is 1.84. The van der Waals surface area contributed by atoms with Crippen LogP contribution in [-0.2, 0) is 6.42 Å². The molecule has 1 amide bonds. The molecule has 2 aromatic rings. The van der Waals surface area contributed by atoms with Crippen molar-refractivity contribution in [3.63, 3.8) is 0 Å². The van der Waals surface area contributed by atoms with E-state index in [2.05, 4.69) is 20.5 Å². The molecule has 1 heterocycles. The van der Waals surface area contributed by atoms with Gasteiger partial charge in [0.2, 0.25) is 5.82 Å². The third-order valence-electron chi connectivity index (χ3n) is 2.82. The van der Waals surface area contributed by atoms with Crippen LogP contribution in [0.2, 0.25) is 0 Å². The zero-order valence-corrected chi connectivity index (χ0v) is 11.9. The minimum Gasteiger partial charge on any atom is -0.495 e. The predicted molar refractivity (Wildman–Crippen MR) is 76.1 cm³/mol. The number of H-pyrrole nitrogens is 1. The van der Waals surface area contributed by atoms with Crippen LogP contribution >= 0.6 is 0 Å². The van der Waals surface area contributed by atoms with Crippen LogP contribution in [-0.4, -0.2) is 28.2 Å². The Bertz CT molecular complexity index is 607. The molecule has 0 atom stereocenters. The normalized spacial score (nSPS) is 10.3. The maximum Gasteiger partial charge on any atom is 0.295 e. The molecular weight excluding hydrogens is 256 g/mol. The molecule has 0 saturated carbocycles. The number of carbonyl (C=O) groups excluding carboxylic acids is 1. The molecule has 1 aromatic heterocycles. The number of benzene rings is 1. The van der Waals surface area contributed by atoms with E-state index in [1.807, 2.05) is 32.0 Å². The van der Waals surface area contributed by atoms with Crippen LogP contribution in [0.3, 0.4) is 0 Å². The van der Waals surface area contributed by atoms with Crippen LogP contribution in [0.1, 0.15) is 35.4 Å². The van der Waals surface area contributed by atoms with Gasteiger partial charge in [-0.3, -0.25) is 9.89 Å². The Kier molecular flexibility index (Phi) is 4.34. The second-order valence-corrected chi connectivity index (χ2v) is 4.51. The highest BCUT2D eigenvalue weighted by atomic mass is 16.5. The molecule has 0 bridgehead atoms. The molecule has 0 saturated heterocycles. The Morgan fingerprint density at radius 3 is 2.95 bits per heavy atom. The number of nitrogens with zero attached hydrogens (tertiary/aromatic N) is 2. The average Bonchev–Trinajstić information content (AvgIpc) is 2.88. The Hall–Kier alpha value is -2.37. The van der Waals surface area contributed by atoms with Crippen molar-refractivity contribution >= 4 is 11.6 Å². The first-order valence-corrected chi connectivity index (χ1v) is 6.51. The van der Waals surface area contributed by atoms with Gasteiger partial charge in [0.05, 0.1) is 12.8 Å². The summed E-state index contributed by atoms with van der Waals surface area (Å²) in [6.07, 6.45) is 1.72. The molecule has 0 aliphatic rings. The molecule has 20 heavy (non-hydrogen) atoms. The number of aryl methyl sites for hydroxylation is 2. The standard InChI is InChI=1S/C14H18N4O2/c1-4-5-12-16-13(18-17-12)14(19)15-10-8-9(2)6-7-11(10)20-3/h6-8H,4-5H2,1-3H3,(H,15,19)(H,16,17,18). The lowest BCUT2D eigenvalue weighted by atomic mass is 10.2. The van der Waals surface area contributed by atoms with Crippen molar-refractivity contribution in [2.45, 2.75) is 26.7 Å². The summed E-state index contributed by atoms with van der Waals surface area (Å²) in [6, 6.07) is 5.57. The van der Waals surface area contributed by atoms with Crippen molar-refractivity contribution in [3.05, 3.63) is 35.4 Å². The molecular formula is C14H18N4O2. The lowest BCUT2D eigenvalue weighted by Gasteiger charge is -2.09. The number of carbonyl (C=O) groups is 1. The Labute approximate surface area is 117 Å². The third kappa shape index (κ3) is 3.14. The van der Waals surface area contributed by atoms with Gasteiger partial charge in [-0.15, -0.1) is 5.10 Å². The van der Waals surface area contributed by atoms with Crippen molar-refractivity contribution in [1.29, 1.82) is 0 Å². The number of rotatable bonds is 5. The van der Waals surface area contributed by atoms with Crippen LogP contribution < -0.4 is 10.1 Å². The minimum atomic E-state index is -0.354. The van der Waals surface area contributed by atoms with E-state index in [1.165, 1.54) is 0 Å². The summed E-state index contributed by atoms with van der Waals surface area (Å²) in [5.41, 5.74) is 1.64. The highest BCUT2D eigenvalue weighted by Gasteiger charge is 2.14. The molecule has 0 aliphatic carbocycles. The molecule has 106 valence electrons. The summed E-state index contributed by atoms with van der Waals surface area (Å²) in [5, 5.41) is 9.45. The number of ether oxygens (including phenoxy) is 1. The maximum atomic E-state index is 12.1. The third-order valence-corrected chi connectivity index (χ3v) is 2.82. The first-order valence-electron chi connectivity index (χ1n) is 6.51. The van der Waals surface area contributed by atoms with Gasteiger partial charge < -0.3 is 10.1 Å². The van der Waals surface area contributed by atoms with Gasteiger partial charge >= 0.3 is 0 Å². The van der Waals surface area contributed by atoms with Crippen LogP contribution in [0, 0.1) is 6.92 Å². The topological polar surface area (TPSA) is 79.9 Å². The van der Waals surface area contributed by atoms with Crippen molar-refractivity contribution in [1.82, 2.24) is 15.2 Å². The first-order chi connectivity index (χ1) is 9.63. The molecule has 0 unspecified atom stereocenters. The van der Waals surface area contributed by atoms with Crippen molar-refractivity contribution in [2.75, 3.05) is 12.4 Å². The smallest absolute Gasteiger partial charge is 0.295 e. The fraction of sp³-hybridized carbons (Fsp3) is 0.357. The second kappa shape index (κ2) is 6.18. The summed E-state index contributed by atoms with van der Waals surface area (Å²) < 4.78 is 5.22. The SMILES string of the molecule is CCCc1nc(C(=O)Nc2cc(C)ccc2OC)n[nH]1. The lowest BCUT2D eigenvalue weighted by Crippen LogP contribution is -2.14. The maximum absolute atomic E-state index is 12.1. The minimum absolute atomic E-state index is 0.136. The average molecular weight is 274 g/mol. The number of aromatic amines is 1. The molecule has 0 spiro atoms. The molecule has 0 fully saturated rings. The molecule has 6 heteroatoms. The molecule has 2 N–H and O–H groups in total. The number of nitrogens with one attached hydrogen (secondary N) is 2. The highest BCUT2D eigenvalue weighted by Crippen LogP contribution is 2.25. The number of methoxy groups -OCH3 is 1. The van der Waals surface area contributed by atoms with E-state index in [-0.39, 0.29) is 11.7 Å². The van der Waals surface area contributed by atoms with Crippen LogP contribution in [0.15, 0.2) is 18.2 Å². The van der Waals surface area contributed by atoms with E-state index in [9.17, 15) is 4.79 Å². The van der Waals surface area contributed by atoms with Gasteiger partial charge in [-0.1, -0.05) is 13.0 Å². The van der Waals surface area contributed by atoms with E-state index in [4.69, 9.17) is 4.74 Å². The van der Waals surface area contributed by atoms with Gasteiger partial charge in [0.25, 0.3) is 5.91 Å². The van der Waals surface area contributed by atoms with Gasteiger partial charge in [0.1, 0.15) is 11.6 Å². The summed E-state index contributed by atoms with van der Waals surface area (Å²) in [5.74, 6) is 1.10. The Morgan fingerprint density at radius 1 is 1.45 bits per heavy atom. The summed E-state index contributed by atoms with van der Waals surface area (Å²) in [6.45, 7) is 3.99. The second-order valence-electron chi connectivity index (χ2n) is 4.51. The van der Waals surface area contributed by atoms with E-state index >= 15 is 0 Å². The monoisotopic (exact) mass is 274 g/mol. The van der Waals surface area contributed by atoms with Gasteiger partial charge in [-0.05, 0) is 31.0 Å². The van der Waals surface area contributed by atoms with Crippen LogP contribution in [0.5, 0.6) is 5.75 Å². The molecule has 0 radical (unpaired) electrons.